The van der Waals surface area contributed by atoms with Gasteiger partial charge in [0.25, 0.3) is 6.29 Å². The van der Waals surface area contributed by atoms with Gasteiger partial charge in [-0.1, -0.05) is 239 Å². The van der Waals surface area contributed by atoms with E-state index in [-0.39, 0.29) is 38.2 Å². The number of quaternary nitrogens is 1. The lowest BCUT2D eigenvalue weighted by Crippen LogP contribution is -2.40. The summed E-state index contributed by atoms with van der Waals surface area (Å²) in [7, 11) is 5.97. The molecule has 0 aliphatic carbocycles. The molecule has 0 aromatic rings. The van der Waals surface area contributed by atoms with Crippen molar-refractivity contribution in [2.45, 2.75) is 277 Å². The zero-order chi connectivity index (χ0) is 45.6. The minimum absolute atomic E-state index is 0.174. The maximum Gasteiger partial charge on any atom is 0.361 e. The number of carbonyl (C=O) groups is 3. The largest absolute Gasteiger partial charge is 0.477 e. The smallest absolute Gasteiger partial charge is 0.361 e. The molecule has 0 aromatic carbocycles. The summed E-state index contributed by atoms with van der Waals surface area (Å²) in [5, 5.41) is 9.64. The van der Waals surface area contributed by atoms with Gasteiger partial charge in [-0.2, -0.15) is 0 Å². The summed E-state index contributed by atoms with van der Waals surface area (Å²) in [6, 6.07) is 0. The maximum atomic E-state index is 12.8. The monoisotopic (exact) mass is 883 g/mol. The highest BCUT2D eigenvalue weighted by molar-refractivity contribution is 5.71. The molecule has 0 saturated carbocycles. The van der Waals surface area contributed by atoms with E-state index < -0.39 is 18.4 Å². The van der Waals surface area contributed by atoms with Crippen LogP contribution in [0.25, 0.3) is 0 Å². The number of carbonyl (C=O) groups excluding carboxylic acids is 2. The Bertz CT molecular complexity index is 985. The van der Waals surface area contributed by atoms with Gasteiger partial charge in [-0.3, -0.25) is 9.59 Å². The average molecular weight is 883 g/mol. The molecule has 0 bridgehead atoms. The average Bonchev–Trinajstić information content (AvgIpc) is 3.23. The van der Waals surface area contributed by atoms with Gasteiger partial charge >= 0.3 is 17.9 Å². The van der Waals surface area contributed by atoms with E-state index in [2.05, 4.69) is 13.8 Å². The number of nitrogens with zero attached hydrogens (tertiary/aromatic N) is 1. The fourth-order valence-corrected chi connectivity index (χ4v) is 7.96. The lowest BCUT2D eigenvalue weighted by molar-refractivity contribution is -0.870. The number of ether oxygens (including phenoxy) is 4. The molecule has 1 N–H and O–H groups in total. The van der Waals surface area contributed by atoms with Crippen LogP contribution in [0.1, 0.15) is 264 Å². The van der Waals surface area contributed by atoms with Gasteiger partial charge in [-0.15, -0.1) is 0 Å². The number of hydrogen-bond donors (Lipinski definition) is 1. The van der Waals surface area contributed by atoms with Crippen LogP contribution in [0, 0.1) is 0 Å². The number of carboxylic acid groups (broad SMARTS) is 1. The normalized spacial score (nSPS) is 12.7. The summed E-state index contributed by atoms with van der Waals surface area (Å²) >= 11 is 0. The van der Waals surface area contributed by atoms with Crippen LogP contribution >= 0.6 is 0 Å². The lowest BCUT2D eigenvalue weighted by atomic mass is 10.0. The van der Waals surface area contributed by atoms with Crippen molar-refractivity contribution < 1.29 is 42.9 Å². The number of carboxylic acids is 1. The van der Waals surface area contributed by atoms with Crippen LogP contribution in [0.15, 0.2) is 0 Å². The first-order chi connectivity index (χ1) is 30.1. The molecule has 0 heterocycles. The van der Waals surface area contributed by atoms with Gasteiger partial charge in [0.1, 0.15) is 13.2 Å². The van der Waals surface area contributed by atoms with Crippen molar-refractivity contribution >= 4 is 17.9 Å². The zero-order valence-electron chi connectivity index (χ0n) is 41.8. The van der Waals surface area contributed by atoms with Crippen molar-refractivity contribution in [2.24, 2.45) is 0 Å². The quantitative estimate of drug-likeness (QED) is 0.0278. The minimum atomic E-state index is -1.50. The predicted molar refractivity (Wildman–Crippen MR) is 258 cm³/mol. The van der Waals surface area contributed by atoms with E-state index in [1.165, 1.54) is 199 Å². The molecule has 9 nitrogen and oxygen atoms in total. The van der Waals surface area contributed by atoms with Crippen molar-refractivity contribution in [1.82, 2.24) is 0 Å². The summed E-state index contributed by atoms with van der Waals surface area (Å²) < 4.78 is 22.8. The molecule has 2 unspecified atom stereocenters. The fraction of sp³-hybridized carbons (Fsp3) is 0.943. The topological polar surface area (TPSA) is 108 Å². The van der Waals surface area contributed by atoms with E-state index in [4.69, 9.17) is 18.9 Å². The Hall–Kier alpha value is -1.71. The van der Waals surface area contributed by atoms with Crippen LogP contribution < -0.4 is 0 Å². The van der Waals surface area contributed by atoms with Gasteiger partial charge in [0.15, 0.2) is 6.10 Å². The van der Waals surface area contributed by atoms with Crippen molar-refractivity contribution in [1.29, 1.82) is 0 Å². The zero-order valence-corrected chi connectivity index (χ0v) is 41.8. The predicted octanol–water partition coefficient (Wildman–Crippen LogP) is 14.8. The summed E-state index contributed by atoms with van der Waals surface area (Å²) in [6.45, 7) is 4.90. The molecular formula is C53H104NO8+. The molecule has 0 saturated heterocycles. The molecule has 0 spiro atoms. The second-order valence-corrected chi connectivity index (χ2v) is 19.6. The van der Waals surface area contributed by atoms with E-state index >= 15 is 0 Å². The number of aliphatic carboxylic acids is 1. The molecule has 0 aromatic heterocycles. The Kier molecular flexibility index (Phi) is 44.6. The summed E-state index contributed by atoms with van der Waals surface area (Å²) in [4.78, 5) is 37.1. The third kappa shape index (κ3) is 46.3. The van der Waals surface area contributed by atoms with E-state index in [9.17, 15) is 19.5 Å². The maximum absolute atomic E-state index is 12.8. The molecule has 0 amide bonds. The second-order valence-electron chi connectivity index (χ2n) is 19.6. The van der Waals surface area contributed by atoms with Crippen LogP contribution in [0.5, 0.6) is 0 Å². The Morgan fingerprint density at radius 1 is 0.419 bits per heavy atom. The van der Waals surface area contributed by atoms with Crippen LogP contribution in [-0.4, -0.2) is 87.4 Å². The molecule has 62 heavy (non-hydrogen) atoms. The third-order valence-electron chi connectivity index (χ3n) is 12.1. The molecule has 0 fully saturated rings. The van der Waals surface area contributed by atoms with Crippen LogP contribution in [0.4, 0.5) is 0 Å². The fourth-order valence-electron chi connectivity index (χ4n) is 7.96. The van der Waals surface area contributed by atoms with Crippen molar-refractivity contribution in [3.8, 4) is 0 Å². The van der Waals surface area contributed by atoms with Crippen molar-refractivity contribution in [2.75, 3.05) is 47.5 Å². The van der Waals surface area contributed by atoms with E-state index in [0.717, 1.165) is 38.5 Å². The van der Waals surface area contributed by atoms with Gasteiger partial charge in [0.05, 0.1) is 34.4 Å². The Labute approximate surface area is 383 Å². The second kappa shape index (κ2) is 45.8. The van der Waals surface area contributed by atoms with Crippen molar-refractivity contribution in [3.63, 3.8) is 0 Å². The van der Waals surface area contributed by atoms with Crippen LogP contribution in [-0.2, 0) is 33.3 Å². The minimum Gasteiger partial charge on any atom is -0.477 e. The molecular weight excluding hydrogens is 779 g/mol. The highest BCUT2D eigenvalue weighted by Gasteiger charge is 2.25. The first-order valence-electron chi connectivity index (χ1n) is 26.7. The lowest BCUT2D eigenvalue weighted by Gasteiger charge is -2.25. The van der Waals surface area contributed by atoms with Gasteiger partial charge in [-0.25, -0.2) is 4.79 Å². The Morgan fingerprint density at radius 3 is 1.03 bits per heavy atom. The van der Waals surface area contributed by atoms with Crippen LogP contribution in [0.2, 0.25) is 0 Å². The molecule has 0 rings (SSSR count). The number of hydrogen-bond acceptors (Lipinski definition) is 7. The standard InChI is InChI=1S/C53H103NO8/c1-6-8-10-12-14-16-17-18-19-20-21-22-23-24-25-26-27-28-29-30-31-32-33-34-36-38-40-42-44-51(56)62-49(48-61-53(52(57)58)59-46-45-54(3,4)5)47-60-50(55)43-41-39-37-35-15-13-11-9-7-2/h49,53H,6-48H2,1-5H3/p+1. The number of esters is 2. The number of likely N-dealkylation sites (N-methyl/N-ethyl adjacent to an activating group) is 1. The van der Waals surface area contributed by atoms with Gasteiger partial charge < -0.3 is 28.5 Å². The highest BCUT2D eigenvalue weighted by atomic mass is 16.7. The van der Waals surface area contributed by atoms with Crippen LogP contribution in [0.3, 0.4) is 0 Å². The number of rotatable bonds is 50. The summed E-state index contributed by atoms with van der Waals surface area (Å²) in [5.74, 6) is -1.99. The van der Waals surface area contributed by atoms with Crippen molar-refractivity contribution in [3.05, 3.63) is 0 Å². The Balaban J connectivity index is 4.05. The molecule has 0 aliphatic rings. The highest BCUT2D eigenvalue weighted by Crippen LogP contribution is 2.17. The molecule has 0 aliphatic heterocycles. The van der Waals surface area contributed by atoms with E-state index in [0.29, 0.717) is 17.4 Å². The first kappa shape index (κ1) is 60.3. The SMILES string of the molecule is CCCCCCCCCCCCCCCCCCCCCCCCCCCCCCC(=O)OC(COC(=O)CCCCCCCCCCC)COC(OCC[N+](C)(C)C)C(=O)O. The molecule has 9 heteroatoms. The third-order valence-corrected chi connectivity index (χ3v) is 12.1. The Morgan fingerprint density at radius 2 is 0.726 bits per heavy atom. The number of unbranched alkanes of at least 4 members (excludes halogenated alkanes) is 35. The molecule has 2 atom stereocenters. The summed E-state index contributed by atoms with van der Waals surface area (Å²) in [5.41, 5.74) is 0. The van der Waals surface area contributed by atoms with Gasteiger partial charge in [0.2, 0.25) is 0 Å². The van der Waals surface area contributed by atoms with E-state index in [1.54, 1.807) is 0 Å². The molecule has 368 valence electrons. The van der Waals surface area contributed by atoms with Gasteiger partial charge in [0, 0.05) is 12.8 Å². The first-order valence-corrected chi connectivity index (χ1v) is 26.7. The molecule has 0 radical (unpaired) electrons. The van der Waals surface area contributed by atoms with E-state index in [1.807, 2.05) is 21.1 Å². The van der Waals surface area contributed by atoms with Gasteiger partial charge in [-0.05, 0) is 12.8 Å². The summed E-state index contributed by atoms with van der Waals surface area (Å²) in [6.07, 6.45) is 46.3.